The number of likely N-dealkylation sites (tertiary alicyclic amines) is 1. The molecule has 0 radical (unpaired) electrons. The Labute approximate surface area is 96.6 Å². The molecule has 1 aliphatic heterocycles. The lowest BCUT2D eigenvalue weighted by Gasteiger charge is -2.23. The highest BCUT2D eigenvalue weighted by Crippen LogP contribution is 2.09. The fraction of sp³-hybridized carbons (Fsp3) is 0.818. The van der Waals surface area contributed by atoms with Gasteiger partial charge in [-0.25, -0.2) is 0 Å². The molecule has 1 heterocycles. The van der Waals surface area contributed by atoms with Gasteiger partial charge in [0.2, 0.25) is 11.8 Å². The van der Waals surface area contributed by atoms with Gasteiger partial charge in [0.15, 0.2) is 0 Å². The predicted octanol–water partition coefficient (Wildman–Crippen LogP) is -0.279. The van der Waals surface area contributed by atoms with Gasteiger partial charge in [-0.2, -0.15) is 0 Å². The number of carbonyl (C=O) groups is 2. The number of hydrogen-bond donors (Lipinski definition) is 2. The number of rotatable bonds is 4. The van der Waals surface area contributed by atoms with Gasteiger partial charge in [-0.15, -0.1) is 0 Å². The van der Waals surface area contributed by atoms with Crippen LogP contribution in [0.2, 0.25) is 0 Å². The van der Waals surface area contributed by atoms with Gasteiger partial charge in [0.25, 0.3) is 0 Å². The Kier molecular flexibility index (Phi) is 4.73. The van der Waals surface area contributed by atoms with Gasteiger partial charge in [0.1, 0.15) is 0 Å². The Balaban J connectivity index is 2.41. The summed E-state index contributed by atoms with van der Waals surface area (Å²) in [5, 5.41) is 5.56. The summed E-state index contributed by atoms with van der Waals surface area (Å²) < 4.78 is 0. The van der Waals surface area contributed by atoms with Gasteiger partial charge in [-0.05, 0) is 26.7 Å². The minimum atomic E-state index is -0.341. The van der Waals surface area contributed by atoms with E-state index in [0.29, 0.717) is 0 Å². The second-order valence-corrected chi connectivity index (χ2v) is 4.26. The lowest BCUT2D eigenvalue weighted by molar-refractivity contribution is -0.132. The van der Waals surface area contributed by atoms with Crippen molar-refractivity contribution in [3.05, 3.63) is 0 Å². The summed E-state index contributed by atoms with van der Waals surface area (Å²) in [5.41, 5.74) is 0. The summed E-state index contributed by atoms with van der Waals surface area (Å²) in [5.74, 6) is -0.00525. The van der Waals surface area contributed by atoms with Crippen LogP contribution in [0.25, 0.3) is 0 Å². The van der Waals surface area contributed by atoms with Crippen LogP contribution in [0.5, 0.6) is 0 Å². The zero-order chi connectivity index (χ0) is 12.1. The van der Waals surface area contributed by atoms with Crippen LogP contribution >= 0.6 is 0 Å². The van der Waals surface area contributed by atoms with E-state index >= 15 is 0 Å². The van der Waals surface area contributed by atoms with E-state index in [1.165, 1.54) is 0 Å². The molecule has 5 heteroatoms. The summed E-state index contributed by atoms with van der Waals surface area (Å²) in [4.78, 5) is 25.1. The molecule has 0 aromatic heterocycles. The zero-order valence-electron chi connectivity index (χ0n) is 10.2. The average Bonchev–Trinajstić information content (AvgIpc) is 2.79. The van der Waals surface area contributed by atoms with E-state index in [1.54, 1.807) is 20.9 Å². The molecule has 2 N–H and O–H groups in total. The first-order valence-electron chi connectivity index (χ1n) is 5.82. The van der Waals surface area contributed by atoms with Gasteiger partial charge in [0, 0.05) is 20.1 Å². The smallest absolute Gasteiger partial charge is 0.239 e. The largest absolute Gasteiger partial charge is 0.358 e. The summed E-state index contributed by atoms with van der Waals surface area (Å²) in [6.07, 6.45) is 2.17. The van der Waals surface area contributed by atoms with Crippen molar-refractivity contribution in [1.29, 1.82) is 0 Å². The van der Waals surface area contributed by atoms with Gasteiger partial charge in [-0.1, -0.05) is 0 Å². The molecule has 1 rings (SSSR count). The SMILES string of the molecule is CNC(=O)C(C)NC(C)C(=O)N1CCCC1. The first-order valence-corrected chi connectivity index (χ1v) is 5.82. The molecule has 0 bridgehead atoms. The topological polar surface area (TPSA) is 61.4 Å². The fourth-order valence-electron chi connectivity index (χ4n) is 1.95. The molecule has 16 heavy (non-hydrogen) atoms. The maximum Gasteiger partial charge on any atom is 0.239 e. The molecule has 92 valence electrons. The molecule has 1 fully saturated rings. The van der Waals surface area contributed by atoms with Crippen LogP contribution in [0.4, 0.5) is 0 Å². The van der Waals surface area contributed by atoms with E-state index in [9.17, 15) is 9.59 Å². The summed E-state index contributed by atoms with van der Waals surface area (Å²) in [6.45, 7) is 5.26. The predicted molar refractivity (Wildman–Crippen MR) is 61.9 cm³/mol. The average molecular weight is 227 g/mol. The van der Waals surface area contributed by atoms with E-state index in [2.05, 4.69) is 10.6 Å². The molecular weight excluding hydrogens is 206 g/mol. The minimum Gasteiger partial charge on any atom is -0.358 e. The van der Waals surface area contributed by atoms with E-state index < -0.39 is 0 Å². The normalized spacial score (nSPS) is 19.3. The molecule has 0 aliphatic carbocycles. The molecule has 2 atom stereocenters. The minimum absolute atomic E-state index is 0.0910. The Bertz CT molecular complexity index is 262. The number of likely N-dealkylation sites (N-methyl/N-ethyl adjacent to an activating group) is 1. The van der Waals surface area contributed by atoms with Crippen molar-refractivity contribution in [2.45, 2.75) is 38.8 Å². The Hall–Kier alpha value is -1.10. The van der Waals surface area contributed by atoms with Crippen LogP contribution in [0.3, 0.4) is 0 Å². The fourth-order valence-corrected chi connectivity index (χ4v) is 1.95. The number of amides is 2. The number of nitrogens with zero attached hydrogens (tertiary/aromatic N) is 1. The van der Waals surface area contributed by atoms with Crippen LogP contribution in [0, 0.1) is 0 Å². The van der Waals surface area contributed by atoms with Crippen LogP contribution in [0.1, 0.15) is 26.7 Å². The van der Waals surface area contributed by atoms with Crippen LogP contribution in [0.15, 0.2) is 0 Å². The molecule has 0 saturated carbocycles. The molecule has 0 spiro atoms. The molecule has 0 aromatic carbocycles. The summed E-state index contributed by atoms with van der Waals surface area (Å²) >= 11 is 0. The van der Waals surface area contributed by atoms with Crippen molar-refractivity contribution in [2.75, 3.05) is 20.1 Å². The van der Waals surface area contributed by atoms with Crippen LogP contribution in [-0.4, -0.2) is 48.9 Å². The second kappa shape index (κ2) is 5.84. The molecule has 1 saturated heterocycles. The third-order valence-electron chi connectivity index (χ3n) is 2.93. The zero-order valence-corrected chi connectivity index (χ0v) is 10.2. The quantitative estimate of drug-likeness (QED) is 0.694. The monoisotopic (exact) mass is 227 g/mol. The maximum absolute atomic E-state index is 11.9. The third-order valence-corrected chi connectivity index (χ3v) is 2.93. The van der Waals surface area contributed by atoms with Crippen LogP contribution in [-0.2, 0) is 9.59 Å². The van der Waals surface area contributed by atoms with Gasteiger partial charge in [-0.3, -0.25) is 14.9 Å². The highest BCUT2D eigenvalue weighted by atomic mass is 16.2. The maximum atomic E-state index is 11.9. The summed E-state index contributed by atoms with van der Waals surface area (Å²) in [7, 11) is 1.59. The summed E-state index contributed by atoms with van der Waals surface area (Å²) in [6, 6.07) is -0.642. The number of carbonyl (C=O) groups excluding carboxylic acids is 2. The highest BCUT2D eigenvalue weighted by molar-refractivity contribution is 5.84. The highest BCUT2D eigenvalue weighted by Gasteiger charge is 2.25. The Morgan fingerprint density at radius 1 is 1.12 bits per heavy atom. The molecule has 5 nitrogen and oxygen atoms in total. The third kappa shape index (κ3) is 3.20. The second-order valence-electron chi connectivity index (χ2n) is 4.26. The molecular formula is C11H21N3O2. The standard InChI is InChI=1S/C11H21N3O2/c1-8(10(15)12-3)13-9(2)11(16)14-6-4-5-7-14/h8-9,13H,4-7H2,1-3H3,(H,12,15). The molecule has 2 unspecified atom stereocenters. The van der Waals surface area contributed by atoms with E-state index in [-0.39, 0.29) is 23.9 Å². The molecule has 1 aliphatic rings. The van der Waals surface area contributed by atoms with E-state index in [4.69, 9.17) is 0 Å². The van der Waals surface area contributed by atoms with E-state index in [1.807, 2.05) is 4.90 Å². The van der Waals surface area contributed by atoms with Crippen molar-refractivity contribution >= 4 is 11.8 Å². The number of nitrogens with one attached hydrogen (secondary N) is 2. The number of hydrogen-bond acceptors (Lipinski definition) is 3. The Morgan fingerprint density at radius 2 is 1.69 bits per heavy atom. The van der Waals surface area contributed by atoms with Gasteiger partial charge < -0.3 is 10.2 Å². The van der Waals surface area contributed by atoms with Gasteiger partial charge >= 0.3 is 0 Å². The van der Waals surface area contributed by atoms with Crippen molar-refractivity contribution in [2.24, 2.45) is 0 Å². The first-order chi connectivity index (χ1) is 7.56. The van der Waals surface area contributed by atoms with E-state index in [0.717, 1.165) is 25.9 Å². The molecule has 0 aromatic rings. The van der Waals surface area contributed by atoms with Crippen LogP contribution < -0.4 is 10.6 Å². The van der Waals surface area contributed by atoms with Crippen molar-refractivity contribution < 1.29 is 9.59 Å². The van der Waals surface area contributed by atoms with Crippen molar-refractivity contribution in [1.82, 2.24) is 15.5 Å². The Morgan fingerprint density at radius 3 is 2.19 bits per heavy atom. The van der Waals surface area contributed by atoms with Crippen molar-refractivity contribution in [3.63, 3.8) is 0 Å². The first kappa shape index (κ1) is 13.0. The lowest BCUT2D eigenvalue weighted by Crippen LogP contribution is -2.51. The lowest BCUT2D eigenvalue weighted by atomic mass is 10.2. The van der Waals surface area contributed by atoms with Gasteiger partial charge in [0.05, 0.1) is 12.1 Å². The molecule has 2 amide bonds. The van der Waals surface area contributed by atoms with Crippen molar-refractivity contribution in [3.8, 4) is 0 Å².